The van der Waals surface area contributed by atoms with Gasteiger partial charge < -0.3 is 10.4 Å². The summed E-state index contributed by atoms with van der Waals surface area (Å²) >= 11 is 0. The first kappa shape index (κ1) is 13.6. The third kappa shape index (κ3) is 3.34. The molecule has 0 heterocycles. The highest BCUT2D eigenvalue weighted by atomic mass is 16.4. The predicted octanol–water partition coefficient (Wildman–Crippen LogP) is 2.69. The zero-order valence-electron chi connectivity index (χ0n) is 11.1. The standard InChI is InChI=1S/C15H19NO3/c1-10-5-4-6-11(9-10)16-14(17)12-7-2-3-8-13(12)15(18)19/h2-3,7-8,10-11H,4-6,9H2,1H3,(H,16,17)(H,18,19). The number of carbonyl (C=O) groups is 2. The van der Waals surface area contributed by atoms with Crippen LogP contribution in [0.25, 0.3) is 0 Å². The minimum Gasteiger partial charge on any atom is -0.478 e. The molecule has 19 heavy (non-hydrogen) atoms. The summed E-state index contributed by atoms with van der Waals surface area (Å²) in [5.41, 5.74) is 0.303. The van der Waals surface area contributed by atoms with E-state index in [4.69, 9.17) is 5.11 Å². The van der Waals surface area contributed by atoms with Gasteiger partial charge in [0.2, 0.25) is 0 Å². The number of nitrogens with one attached hydrogen (secondary N) is 1. The van der Waals surface area contributed by atoms with E-state index in [2.05, 4.69) is 12.2 Å². The second-order valence-electron chi connectivity index (χ2n) is 5.29. The molecule has 1 fully saturated rings. The monoisotopic (exact) mass is 261 g/mol. The topological polar surface area (TPSA) is 66.4 Å². The summed E-state index contributed by atoms with van der Waals surface area (Å²) in [6.07, 6.45) is 4.27. The molecular formula is C15H19NO3. The van der Waals surface area contributed by atoms with Crippen LogP contribution in [0.2, 0.25) is 0 Å². The predicted molar refractivity (Wildman–Crippen MR) is 72.3 cm³/mol. The Morgan fingerprint density at radius 1 is 1.21 bits per heavy atom. The summed E-state index contributed by atoms with van der Waals surface area (Å²) in [6, 6.07) is 6.50. The number of carboxylic acid groups (broad SMARTS) is 1. The Bertz CT molecular complexity index is 484. The van der Waals surface area contributed by atoms with Crippen molar-refractivity contribution >= 4 is 11.9 Å². The molecular weight excluding hydrogens is 242 g/mol. The van der Waals surface area contributed by atoms with Crippen LogP contribution in [0.1, 0.15) is 53.3 Å². The third-order valence-corrected chi connectivity index (χ3v) is 3.67. The van der Waals surface area contributed by atoms with E-state index in [0.717, 1.165) is 19.3 Å². The number of rotatable bonds is 3. The third-order valence-electron chi connectivity index (χ3n) is 3.67. The fourth-order valence-corrected chi connectivity index (χ4v) is 2.70. The number of aromatic carboxylic acids is 1. The summed E-state index contributed by atoms with van der Waals surface area (Å²) in [4.78, 5) is 23.3. The van der Waals surface area contributed by atoms with Crippen LogP contribution in [0.4, 0.5) is 0 Å². The van der Waals surface area contributed by atoms with Crippen molar-refractivity contribution < 1.29 is 14.7 Å². The molecule has 2 atom stereocenters. The van der Waals surface area contributed by atoms with E-state index in [9.17, 15) is 9.59 Å². The van der Waals surface area contributed by atoms with Gasteiger partial charge in [-0.3, -0.25) is 4.79 Å². The Labute approximate surface area is 112 Å². The van der Waals surface area contributed by atoms with Crippen molar-refractivity contribution in [2.24, 2.45) is 5.92 Å². The summed E-state index contributed by atoms with van der Waals surface area (Å²) in [5, 5.41) is 12.0. The molecule has 0 bridgehead atoms. The van der Waals surface area contributed by atoms with Crippen molar-refractivity contribution in [2.45, 2.75) is 38.6 Å². The Balaban J connectivity index is 2.09. The van der Waals surface area contributed by atoms with Gasteiger partial charge in [0.05, 0.1) is 11.1 Å². The molecule has 0 radical (unpaired) electrons. The van der Waals surface area contributed by atoms with Crippen LogP contribution in [-0.2, 0) is 0 Å². The number of amides is 1. The second kappa shape index (κ2) is 5.87. The van der Waals surface area contributed by atoms with Crippen molar-refractivity contribution in [3.05, 3.63) is 35.4 Å². The smallest absolute Gasteiger partial charge is 0.336 e. The lowest BCUT2D eigenvalue weighted by atomic mass is 9.87. The van der Waals surface area contributed by atoms with Gasteiger partial charge in [0.25, 0.3) is 5.91 Å². The Morgan fingerprint density at radius 2 is 1.89 bits per heavy atom. The number of hydrogen-bond acceptors (Lipinski definition) is 2. The number of hydrogen-bond donors (Lipinski definition) is 2. The number of carboxylic acids is 1. The highest BCUT2D eigenvalue weighted by Crippen LogP contribution is 2.23. The van der Waals surface area contributed by atoms with Crippen molar-refractivity contribution in [3.8, 4) is 0 Å². The van der Waals surface area contributed by atoms with Crippen molar-refractivity contribution in [1.29, 1.82) is 0 Å². The molecule has 2 rings (SSSR count). The molecule has 2 N–H and O–H groups in total. The summed E-state index contributed by atoms with van der Waals surface area (Å²) in [5.74, 6) is -0.728. The molecule has 4 heteroatoms. The number of benzene rings is 1. The van der Waals surface area contributed by atoms with Gasteiger partial charge in [0, 0.05) is 6.04 Å². The first-order valence-electron chi connectivity index (χ1n) is 6.71. The normalized spacial score (nSPS) is 22.8. The molecule has 2 unspecified atom stereocenters. The Kier molecular flexibility index (Phi) is 4.20. The van der Waals surface area contributed by atoms with Crippen LogP contribution in [-0.4, -0.2) is 23.0 Å². The molecule has 1 aromatic carbocycles. The quantitative estimate of drug-likeness (QED) is 0.879. The molecule has 0 saturated heterocycles. The molecule has 1 amide bonds. The maximum absolute atomic E-state index is 12.2. The van der Waals surface area contributed by atoms with Crippen LogP contribution in [0.5, 0.6) is 0 Å². The average Bonchev–Trinajstić information content (AvgIpc) is 2.38. The van der Waals surface area contributed by atoms with E-state index in [0.29, 0.717) is 5.92 Å². The highest BCUT2D eigenvalue weighted by molar-refractivity contribution is 6.04. The van der Waals surface area contributed by atoms with Gasteiger partial charge in [-0.05, 0) is 30.9 Å². The van der Waals surface area contributed by atoms with E-state index in [-0.39, 0.29) is 23.1 Å². The molecule has 1 aliphatic carbocycles. The highest BCUT2D eigenvalue weighted by Gasteiger charge is 2.22. The van der Waals surface area contributed by atoms with E-state index in [1.165, 1.54) is 12.5 Å². The maximum atomic E-state index is 12.2. The molecule has 0 aromatic heterocycles. The minimum atomic E-state index is -1.07. The van der Waals surface area contributed by atoms with Gasteiger partial charge in [-0.2, -0.15) is 0 Å². The summed E-state index contributed by atoms with van der Waals surface area (Å²) in [6.45, 7) is 2.18. The van der Waals surface area contributed by atoms with Crippen LogP contribution in [0.3, 0.4) is 0 Å². The average molecular weight is 261 g/mol. The SMILES string of the molecule is CC1CCCC(NC(=O)c2ccccc2C(=O)O)C1. The molecule has 1 aromatic rings. The van der Waals surface area contributed by atoms with E-state index >= 15 is 0 Å². The first-order chi connectivity index (χ1) is 9.08. The lowest BCUT2D eigenvalue weighted by Crippen LogP contribution is -2.38. The van der Waals surface area contributed by atoms with E-state index in [1.807, 2.05) is 0 Å². The van der Waals surface area contributed by atoms with Crippen LogP contribution in [0, 0.1) is 5.92 Å². The van der Waals surface area contributed by atoms with Gasteiger partial charge >= 0.3 is 5.97 Å². The van der Waals surface area contributed by atoms with Crippen molar-refractivity contribution in [2.75, 3.05) is 0 Å². The largest absolute Gasteiger partial charge is 0.478 e. The summed E-state index contributed by atoms with van der Waals surface area (Å²) < 4.78 is 0. The van der Waals surface area contributed by atoms with Gasteiger partial charge in [0.15, 0.2) is 0 Å². The Hall–Kier alpha value is -1.84. The van der Waals surface area contributed by atoms with E-state index in [1.54, 1.807) is 18.2 Å². The van der Waals surface area contributed by atoms with Crippen LogP contribution < -0.4 is 5.32 Å². The molecule has 1 saturated carbocycles. The maximum Gasteiger partial charge on any atom is 0.336 e. The molecule has 1 aliphatic rings. The molecule has 0 spiro atoms. The van der Waals surface area contributed by atoms with Gasteiger partial charge in [-0.25, -0.2) is 4.79 Å². The second-order valence-corrected chi connectivity index (χ2v) is 5.29. The summed E-state index contributed by atoms with van der Waals surface area (Å²) in [7, 11) is 0. The number of carbonyl (C=O) groups excluding carboxylic acids is 1. The molecule has 4 nitrogen and oxygen atoms in total. The van der Waals surface area contributed by atoms with Crippen molar-refractivity contribution in [3.63, 3.8) is 0 Å². The fourth-order valence-electron chi connectivity index (χ4n) is 2.70. The zero-order valence-corrected chi connectivity index (χ0v) is 11.1. The van der Waals surface area contributed by atoms with Crippen LogP contribution in [0.15, 0.2) is 24.3 Å². The Morgan fingerprint density at radius 3 is 2.53 bits per heavy atom. The zero-order chi connectivity index (χ0) is 13.8. The first-order valence-corrected chi connectivity index (χ1v) is 6.71. The van der Waals surface area contributed by atoms with Crippen molar-refractivity contribution in [1.82, 2.24) is 5.32 Å². The van der Waals surface area contributed by atoms with Gasteiger partial charge in [-0.1, -0.05) is 31.9 Å². The molecule has 102 valence electrons. The van der Waals surface area contributed by atoms with Gasteiger partial charge in [0.1, 0.15) is 0 Å². The fraction of sp³-hybridized carbons (Fsp3) is 0.467. The van der Waals surface area contributed by atoms with E-state index < -0.39 is 5.97 Å². The lowest BCUT2D eigenvalue weighted by Gasteiger charge is -2.27. The van der Waals surface area contributed by atoms with Crippen LogP contribution >= 0.6 is 0 Å². The molecule has 0 aliphatic heterocycles. The van der Waals surface area contributed by atoms with Gasteiger partial charge in [-0.15, -0.1) is 0 Å². The lowest BCUT2D eigenvalue weighted by molar-refractivity contribution is 0.0690. The minimum absolute atomic E-state index is 0.0591.